The number of ether oxygens (including phenoxy) is 1. The van der Waals surface area contributed by atoms with Gasteiger partial charge < -0.3 is 10.5 Å². The quantitative estimate of drug-likeness (QED) is 0.832. The molecule has 0 radical (unpaired) electrons. The van der Waals surface area contributed by atoms with Crippen LogP contribution >= 0.6 is 11.3 Å². The second kappa shape index (κ2) is 4.26. The maximum atomic E-state index is 12.2. The first kappa shape index (κ1) is 13.4. The molecule has 1 aliphatic rings. The molecule has 4 heteroatoms. The SMILES string of the molecule is CC(C)OC(=O)c1c(N)sc2c1C(C)CC2(C)C. The molecule has 1 heterocycles. The van der Waals surface area contributed by atoms with E-state index in [9.17, 15) is 4.79 Å². The molecular weight excluding hydrogens is 246 g/mol. The predicted molar refractivity (Wildman–Crippen MR) is 75.3 cm³/mol. The highest BCUT2D eigenvalue weighted by Gasteiger charge is 2.41. The normalized spacial score (nSPS) is 21.1. The van der Waals surface area contributed by atoms with Crippen molar-refractivity contribution in [3.63, 3.8) is 0 Å². The number of rotatable bonds is 2. The lowest BCUT2D eigenvalue weighted by Gasteiger charge is -2.17. The lowest BCUT2D eigenvalue weighted by Crippen LogP contribution is -2.14. The van der Waals surface area contributed by atoms with E-state index in [-0.39, 0.29) is 17.5 Å². The van der Waals surface area contributed by atoms with Crippen molar-refractivity contribution in [2.75, 3.05) is 5.73 Å². The predicted octanol–water partition coefficient (Wildman–Crippen LogP) is 3.68. The minimum atomic E-state index is -0.274. The van der Waals surface area contributed by atoms with Crippen LogP contribution in [0, 0.1) is 0 Å². The number of hydrogen-bond donors (Lipinski definition) is 1. The minimum Gasteiger partial charge on any atom is -0.459 e. The monoisotopic (exact) mass is 267 g/mol. The molecular formula is C14H21NO2S. The van der Waals surface area contributed by atoms with Crippen molar-refractivity contribution in [1.82, 2.24) is 0 Å². The van der Waals surface area contributed by atoms with Gasteiger partial charge in [-0.15, -0.1) is 11.3 Å². The molecule has 2 N–H and O–H groups in total. The van der Waals surface area contributed by atoms with E-state index < -0.39 is 0 Å². The molecule has 0 saturated carbocycles. The third kappa shape index (κ3) is 2.03. The van der Waals surface area contributed by atoms with Crippen molar-refractivity contribution < 1.29 is 9.53 Å². The summed E-state index contributed by atoms with van der Waals surface area (Å²) >= 11 is 1.55. The van der Waals surface area contributed by atoms with Gasteiger partial charge in [-0.05, 0) is 31.7 Å². The zero-order valence-electron chi connectivity index (χ0n) is 11.7. The molecule has 0 aromatic carbocycles. The summed E-state index contributed by atoms with van der Waals surface area (Å²) in [4.78, 5) is 13.4. The topological polar surface area (TPSA) is 52.3 Å². The van der Waals surface area contributed by atoms with Gasteiger partial charge in [0.05, 0.1) is 11.7 Å². The molecule has 1 aromatic rings. The first-order chi connectivity index (χ1) is 8.24. The summed E-state index contributed by atoms with van der Waals surface area (Å²) < 4.78 is 5.30. The summed E-state index contributed by atoms with van der Waals surface area (Å²) in [5, 5.41) is 0.602. The average molecular weight is 267 g/mol. The van der Waals surface area contributed by atoms with Gasteiger partial charge in [-0.25, -0.2) is 4.79 Å². The van der Waals surface area contributed by atoms with E-state index in [4.69, 9.17) is 10.5 Å². The minimum absolute atomic E-state index is 0.114. The molecule has 0 saturated heterocycles. The van der Waals surface area contributed by atoms with Gasteiger partial charge in [-0.2, -0.15) is 0 Å². The fraction of sp³-hybridized carbons (Fsp3) is 0.643. The zero-order valence-corrected chi connectivity index (χ0v) is 12.5. The van der Waals surface area contributed by atoms with E-state index in [0.717, 1.165) is 12.0 Å². The maximum absolute atomic E-state index is 12.2. The Balaban J connectivity index is 2.48. The first-order valence-corrected chi connectivity index (χ1v) is 7.19. The number of fused-ring (bicyclic) bond motifs is 1. The standard InChI is InChI=1S/C14H21NO2S/c1-7(2)17-13(16)10-9-8(3)6-14(4,5)11(9)18-12(10)15/h7-8H,6,15H2,1-5H3. The lowest BCUT2D eigenvalue weighted by atomic mass is 9.91. The molecule has 2 rings (SSSR count). The smallest absolute Gasteiger partial charge is 0.341 e. The molecule has 1 unspecified atom stereocenters. The van der Waals surface area contributed by atoms with Crippen molar-refractivity contribution in [2.24, 2.45) is 0 Å². The molecule has 18 heavy (non-hydrogen) atoms. The highest BCUT2D eigenvalue weighted by atomic mass is 32.1. The van der Waals surface area contributed by atoms with Gasteiger partial charge in [0.15, 0.2) is 0 Å². The number of nitrogen functional groups attached to an aromatic ring is 1. The molecule has 1 aromatic heterocycles. The first-order valence-electron chi connectivity index (χ1n) is 6.37. The van der Waals surface area contributed by atoms with Gasteiger partial charge in [-0.3, -0.25) is 0 Å². The molecule has 100 valence electrons. The Hall–Kier alpha value is -1.03. The molecule has 0 bridgehead atoms. The van der Waals surface area contributed by atoms with E-state index in [2.05, 4.69) is 20.8 Å². The highest BCUT2D eigenvalue weighted by Crippen LogP contribution is 2.52. The number of hydrogen-bond acceptors (Lipinski definition) is 4. The van der Waals surface area contributed by atoms with Crippen molar-refractivity contribution in [1.29, 1.82) is 0 Å². The zero-order chi connectivity index (χ0) is 13.7. The van der Waals surface area contributed by atoms with Crippen LogP contribution in [0.15, 0.2) is 0 Å². The Morgan fingerprint density at radius 1 is 1.50 bits per heavy atom. The number of thiophene rings is 1. The summed E-state index contributed by atoms with van der Waals surface area (Å²) in [6, 6.07) is 0. The molecule has 0 fully saturated rings. The van der Waals surface area contributed by atoms with Crippen LogP contribution in [0.2, 0.25) is 0 Å². The maximum Gasteiger partial charge on any atom is 0.341 e. The van der Waals surface area contributed by atoms with Crippen molar-refractivity contribution in [3.8, 4) is 0 Å². The molecule has 0 amide bonds. The Bertz CT molecular complexity index is 488. The van der Waals surface area contributed by atoms with Crippen LogP contribution in [0.25, 0.3) is 0 Å². The Morgan fingerprint density at radius 3 is 2.67 bits per heavy atom. The Morgan fingerprint density at radius 2 is 2.11 bits per heavy atom. The second-order valence-corrected chi connectivity index (χ2v) is 7.08. The van der Waals surface area contributed by atoms with Crippen LogP contribution in [0.1, 0.15) is 67.8 Å². The lowest BCUT2D eigenvalue weighted by molar-refractivity contribution is 0.0378. The average Bonchev–Trinajstić information content (AvgIpc) is 2.63. The largest absolute Gasteiger partial charge is 0.459 e. The van der Waals surface area contributed by atoms with Crippen LogP contribution in [-0.4, -0.2) is 12.1 Å². The summed E-state index contributed by atoms with van der Waals surface area (Å²) in [7, 11) is 0. The summed E-state index contributed by atoms with van der Waals surface area (Å²) in [6.45, 7) is 10.3. The molecule has 3 nitrogen and oxygen atoms in total. The molecule has 1 aliphatic carbocycles. The fourth-order valence-corrected chi connectivity index (χ4v) is 4.17. The van der Waals surface area contributed by atoms with Crippen LogP contribution in [-0.2, 0) is 10.2 Å². The van der Waals surface area contributed by atoms with Crippen LogP contribution in [0.5, 0.6) is 0 Å². The number of anilines is 1. The van der Waals surface area contributed by atoms with E-state index in [1.54, 1.807) is 11.3 Å². The Kier molecular flexibility index (Phi) is 3.18. The van der Waals surface area contributed by atoms with Crippen LogP contribution < -0.4 is 5.73 Å². The van der Waals surface area contributed by atoms with Gasteiger partial charge in [0.2, 0.25) is 0 Å². The Labute approximate surface area is 112 Å². The third-order valence-electron chi connectivity index (χ3n) is 3.44. The van der Waals surface area contributed by atoms with E-state index in [0.29, 0.717) is 16.5 Å². The van der Waals surface area contributed by atoms with E-state index in [1.807, 2.05) is 13.8 Å². The summed E-state index contributed by atoms with van der Waals surface area (Å²) in [5.74, 6) is 0.0998. The number of nitrogens with two attached hydrogens (primary N) is 1. The highest BCUT2D eigenvalue weighted by molar-refractivity contribution is 7.16. The number of carbonyl (C=O) groups is 1. The van der Waals surface area contributed by atoms with Crippen molar-refractivity contribution in [2.45, 2.75) is 58.5 Å². The number of carbonyl (C=O) groups excluding carboxylic acids is 1. The van der Waals surface area contributed by atoms with Gasteiger partial charge >= 0.3 is 5.97 Å². The second-order valence-electron chi connectivity index (χ2n) is 6.03. The summed E-state index contributed by atoms with van der Waals surface area (Å²) in [5.41, 5.74) is 7.88. The van der Waals surface area contributed by atoms with Crippen LogP contribution in [0.4, 0.5) is 5.00 Å². The van der Waals surface area contributed by atoms with E-state index >= 15 is 0 Å². The van der Waals surface area contributed by atoms with Crippen LogP contribution in [0.3, 0.4) is 0 Å². The van der Waals surface area contributed by atoms with Gasteiger partial charge in [0, 0.05) is 10.3 Å². The fourth-order valence-electron chi connectivity index (χ4n) is 2.88. The van der Waals surface area contributed by atoms with Crippen molar-refractivity contribution in [3.05, 3.63) is 16.0 Å². The van der Waals surface area contributed by atoms with E-state index in [1.165, 1.54) is 4.88 Å². The van der Waals surface area contributed by atoms with Gasteiger partial charge in [-0.1, -0.05) is 20.8 Å². The molecule has 0 aliphatic heterocycles. The molecule has 0 spiro atoms. The number of esters is 1. The summed E-state index contributed by atoms with van der Waals surface area (Å²) in [6.07, 6.45) is 0.952. The van der Waals surface area contributed by atoms with Gasteiger partial charge in [0.25, 0.3) is 0 Å². The van der Waals surface area contributed by atoms with Crippen molar-refractivity contribution >= 4 is 22.3 Å². The third-order valence-corrected chi connectivity index (χ3v) is 4.84. The molecule has 1 atom stereocenters. The van der Waals surface area contributed by atoms with Gasteiger partial charge in [0.1, 0.15) is 5.00 Å².